The quantitative estimate of drug-likeness (QED) is 0.288. The normalized spacial score (nSPS) is 15.5. The number of fused-ring (bicyclic) bond motifs is 3. The van der Waals surface area contributed by atoms with Gasteiger partial charge in [0.1, 0.15) is 12.1 Å². The molecule has 9 nitrogen and oxygen atoms in total. The maximum atomic E-state index is 13.3. The zero-order valence-electron chi connectivity index (χ0n) is 23.6. The molecule has 0 aromatic heterocycles. The van der Waals surface area contributed by atoms with Gasteiger partial charge in [-0.25, -0.2) is 4.79 Å². The molecule has 10 heteroatoms. The van der Waals surface area contributed by atoms with Crippen molar-refractivity contribution in [3.05, 3.63) is 81.0 Å². The summed E-state index contributed by atoms with van der Waals surface area (Å²) in [6.07, 6.45) is 0.702. The number of amides is 1. The van der Waals surface area contributed by atoms with Crippen molar-refractivity contribution in [1.82, 2.24) is 5.32 Å². The highest BCUT2D eigenvalue weighted by molar-refractivity contribution is 6.17. The molecule has 0 saturated carbocycles. The van der Waals surface area contributed by atoms with E-state index < -0.39 is 16.9 Å². The van der Waals surface area contributed by atoms with Gasteiger partial charge < -0.3 is 29.0 Å². The van der Waals surface area contributed by atoms with Crippen molar-refractivity contribution in [2.24, 2.45) is 0 Å². The zero-order chi connectivity index (χ0) is 29.7. The molecule has 0 saturated heterocycles. The molecule has 0 aliphatic heterocycles. The molecular formula is C31H32ClNO8. The minimum Gasteiger partial charge on any atom is -0.493 e. The molecular weight excluding hydrogens is 550 g/mol. The maximum absolute atomic E-state index is 13.3. The van der Waals surface area contributed by atoms with E-state index in [2.05, 4.69) is 5.32 Å². The summed E-state index contributed by atoms with van der Waals surface area (Å²) in [7, 11) is 5.96. The molecule has 3 aromatic carbocycles. The number of rotatable bonds is 9. The van der Waals surface area contributed by atoms with E-state index in [0.717, 1.165) is 11.1 Å². The van der Waals surface area contributed by atoms with Gasteiger partial charge in [-0.15, -0.1) is 11.6 Å². The van der Waals surface area contributed by atoms with Gasteiger partial charge in [0, 0.05) is 18.4 Å². The van der Waals surface area contributed by atoms with Gasteiger partial charge in [-0.3, -0.25) is 9.59 Å². The number of ether oxygens (including phenoxy) is 5. The van der Waals surface area contributed by atoms with E-state index in [-0.39, 0.29) is 24.7 Å². The molecule has 0 fully saturated rings. The van der Waals surface area contributed by atoms with Crippen LogP contribution in [0.3, 0.4) is 0 Å². The average Bonchev–Trinajstić information content (AvgIpc) is 3.22. The summed E-state index contributed by atoms with van der Waals surface area (Å²) in [5.74, 6) is 0.709. The molecule has 1 aliphatic rings. The van der Waals surface area contributed by atoms with Crippen molar-refractivity contribution in [2.45, 2.75) is 31.2 Å². The fourth-order valence-corrected chi connectivity index (χ4v) is 5.41. The Morgan fingerprint density at radius 2 is 1.59 bits per heavy atom. The molecule has 1 amide bonds. The van der Waals surface area contributed by atoms with Crippen LogP contribution in [0.4, 0.5) is 0 Å². The number of benzene rings is 2. The topological polar surface area (TPSA) is 109 Å². The van der Waals surface area contributed by atoms with E-state index in [1.807, 2.05) is 6.07 Å². The van der Waals surface area contributed by atoms with Crippen LogP contribution in [0.15, 0.2) is 53.3 Å². The fourth-order valence-electron chi connectivity index (χ4n) is 5.23. The molecule has 0 heterocycles. The molecule has 41 heavy (non-hydrogen) atoms. The number of carbonyl (C=O) groups excluding carboxylic acids is 2. The molecule has 4 rings (SSSR count). The van der Waals surface area contributed by atoms with Crippen LogP contribution >= 0.6 is 11.6 Å². The third-order valence-corrected chi connectivity index (χ3v) is 7.46. The highest BCUT2D eigenvalue weighted by Gasteiger charge is 2.41. The van der Waals surface area contributed by atoms with Crippen LogP contribution in [-0.4, -0.2) is 46.9 Å². The summed E-state index contributed by atoms with van der Waals surface area (Å²) in [6.45, 7) is 1.13. The van der Waals surface area contributed by atoms with Gasteiger partial charge in [-0.1, -0.05) is 18.2 Å². The Kier molecular flexibility index (Phi) is 9.08. The summed E-state index contributed by atoms with van der Waals surface area (Å²) >= 11 is 5.88. The van der Waals surface area contributed by atoms with E-state index in [1.54, 1.807) is 36.4 Å². The lowest BCUT2D eigenvalue weighted by atomic mass is 9.85. The Morgan fingerprint density at radius 3 is 2.17 bits per heavy atom. The molecule has 0 spiro atoms. The predicted octanol–water partition coefficient (Wildman–Crippen LogP) is 4.62. The van der Waals surface area contributed by atoms with E-state index in [1.165, 1.54) is 41.4 Å². The first kappa shape index (κ1) is 29.7. The Bertz CT molecular complexity index is 1520. The SMILES string of the molecule is COc1cc2c(c(OC)c1OC)-c1ccc(OC)c(=O)cc1C(COC(=O)c1ccc(CCl)cc1)(NC(C)=O)CC2. The van der Waals surface area contributed by atoms with Crippen molar-refractivity contribution >= 4 is 23.5 Å². The zero-order valence-corrected chi connectivity index (χ0v) is 24.3. The third kappa shape index (κ3) is 5.81. The van der Waals surface area contributed by atoms with Crippen LogP contribution in [0.5, 0.6) is 23.0 Å². The van der Waals surface area contributed by atoms with Crippen LogP contribution in [-0.2, 0) is 27.4 Å². The van der Waals surface area contributed by atoms with Gasteiger partial charge >= 0.3 is 5.97 Å². The first-order valence-electron chi connectivity index (χ1n) is 12.9. The van der Waals surface area contributed by atoms with Crippen LogP contribution in [0, 0.1) is 0 Å². The van der Waals surface area contributed by atoms with Crippen LogP contribution < -0.4 is 29.7 Å². The summed E-state index contributed by atoms with van der Waals surface area (Å²) in [5.41, 5.74) is 2.01. The van der Waals surface area contributed by atoms with Gasteiger partial charge in [-0.2, -0.15) is 0 Å². The van der Waals surface area contributed by atoms with Crippen LogP contribution in [0.2, 0.25) is 0 Å². The Hall–Kier alpha value is -4.24. The molecule has 216 valence electrons. The van der Waals surface area contributed by atoms with Gasteiger partial charge in [-0.05, 0) is 65.4 Å². The van der Waals surface area contributed by atoms with Crippen molar-refractivity contribution in [1.29, 1.82) is 0 Å². The maximum Gasteiger partial charge on any atom is 0.338 e. The van der Waals surface area contributed by atoms with Crippen molar-refractivity contribution in [3.8, 4) is 34.1 Å². The summed E-state index contributed by atoms with van der Waals surface area (Å²) < 4.78 is 28.2. The minimum absolute atomic E-state index is 0.104. The number of aryl methyl sites for hydroxylation is 1. The van der Waals surface area contributed by atoms with E-state index in [9.17, 15) is 14.4 Å². The second kappa shape index (κ2) is 12.5. The minimum atomic E-state index is -1.28. The number of hydrogen-bond acceptors (Lipinski definition) is 8. The number of halogens is 1. The monoisotopic (exact) mass is 581 g/mol. The molecule has 1 unspecified atom stereocenters. The lowest BCUT2D eigenvalue weighted by Crippen LogP contribution is -2.49. The smallest absolute Gasteiger partial charge is 0.338 e. The third-order valence-electron chi connectivity index (χ3n) is 7.16. The molecule has 3 aromatic rings. The first-order valence-corrected chi connectivity index (χ1v) is 13.4. The molecule has 1 N–H and O–H groups in total. The fraction of sp³-hybridized carbons (Fsp3) is 0.323. The summed E-state index contributed by atoms with van der Waals surface area (Å²) in [5, 5.41) is 3.01. The number of nitrogens with one attached hydrogen (secondary N) is 1. The van der Waals surface area contributed by atoms with E-state index in [4.69, 9.17) is 35.3 Å². The van der Waals surface area contributed by atoms with E-state index >= 15 is 0 Å². The molecule has 1 atom stereocenters. The van der Waals surface area contributed by atoms with Gasteiger partial charge in [0.25, 0.3) is 0 Å². The van der Waals surface area contributed by atoms with Crippen LogP contribution in [0.25, 0.3) is 11.1 Å². The van der Waals surface area contributed by atoms with Crippen LogP contribution in [0.1, 0.15) is 40.4 Å². The summed E-state index contributed by atoms with van der Waals surface area (Å²) in [4.78, 5) is 39.1. The largest absolute Gasteiger partial charge is 0.493 e. The van der Waals surface area contributed by atoms with E-state index in [0.29, 0.717) is 51.8 Å². The number of alkyl halides is 1. The number of methoxy groups -OCH3 is 4. The highest BCUT2D eigenvalue weighted by Crippen LogP contribution is 2.51. The van der Waals surface area contributed by atoms with Crippen molar-refractivity contribution in [3.63, 3.8) is 0 Å². The number of hydrogen-bond donors (Lipinski definition) is 1. The number of carbonyl (C=O) groups is 2. The second-order valence-electron chi connectivity index (χ2n) is 9.59. The number of esters is 1. The summed E-state index contributed by atoms with van der Waals surface area (Å²) in [6, 6.07) is 13.3. The Labute approximate surface area is 243 Å². The lowest BCUT2D eigenvalue weighted by Gasteiger charge is -2.34. The lowest BCUT2D eigenvalue weighted by molar-refractivity contribution is -0.121. The van der Waals surface area contributed by atoms with Gasteiger partial charge in [0.05, 0.1) is 34.0 Å². The first-order chi connectivity index (χ1) is 19.7. The van der Waals surface area contributed by atoms with Crippen molar-refractivity contribution in [2.75, 3.05) is 35.0 Å². The predicted molar refractivity (Wildman–Crippen MR) is 154 cm³/mol. The Balaban J connectivity index is 1.95. The van der Waals surface area contributed by atoms with Gasteiger partial charge in [0.15, 0.2) is 17.2 Å². The molecule has 1 aliphatic carbocycles. The van der Waals surface area contributed by atoms with Gasteiger partial charge in [0.2, 0.25) is 17.1 Å². The van der Waals surface area contributed by atoms with Crippen molar-refractivity contribution < 1.29 is 33.3 Å². The standard InChI is InChI=1S/C31H32ClNO8/c1-18(34)33-31(17-41-30(36)20-8-6-19(16-32)7-9-20)13-12-21-14-26(38-3)28(39-4)29(40-5)27(21)22-10-11-25(37-2)24(35)15-23(22)31/h6-11,14-15H,12-13,16-17H2,1-5H3,(H,33,34). The Morgan fingerprint density at radius 1 is 0.902 bits per heavy atom. The average molecular weight is 582 g/mol. The highest BCUT2D eigenvalue weighted by atomic mass is 35.5. The molecule has 0 bridgehead atoms. The molecule has 0 radical (unpaired) electrons. The second-order valence-corrected chi connectivity index (χ2v) is 9.85.